The third kappa shape index (κ3) is 6.87. The predicted molar refractivity (Wildman–Crippen MR) is 181 cm³/mol. The zero-order valence-corrected chi connectivity index (χ0v) is 28.3. The van der Waals surface area contributed by atoms with Crippen LogP contribution in [-0.4, -0.2) is 84.8 Å². The molecule has 0 aromatic carbocycles. The van der Waals surface area contributed by atoms with Crippen molar-refractivity contribution >= 4 is 45.4 Å². The van der Waals surface area contributed by atoms with Crippen LogP contribution in [0, 0.1) is 5.92 Å². The van der Waals surface area contributed by atoms with E-state index >= 15 is 0 Å². The van der Waals surface area contributed by atoms with E-state index in [-0.39, 0.29) is 31.4 Å². The topological polar surface area (TPSA) is 165 Å². The molecule has 3 amide bonds. The number of carbonyl (C=O) groups excluding carboxylic acids is 3. The largest absolute Gasteiger partial charge is 0.487 e. The van der Waals surface area contributed by atoms with Crippen LogP contribution in [-0.2, 0) is 26.2 Å². The maximum atomic E-state index is 14.3. The summed E-state index contributed by atoms with van der Waals surface area (Å²) < 4.78 is 14.9. The van der Waals surface area contributed by atoms with Gasteiger partial charge in [-0.25, -0.2) is 14.6 Å². The molecule has 2 saturated carbocycles. The van der Waals surface area contributed by atoms with Crippen molar-refractivity contribution in [2.45, 2.75) is 100 Å². The number of aliphatic carboxylic acids is 1. The van der Waals surface area contributed by atoms with E-state index in [1.807, 2.05) is 36.0 Å². The molecule has 4 aliphatic rings. The average Bonchev–Trinajstić information content (AvgIpc) is 3.65. The van der Waals surface area contributed by atoms with Gasteiger partial charge in [-0.2, -0.15) is 0 Å². The number of pyridine rings is 1. The van der Waals surface area contributed by atoms with E-state index in [1.54, 1.807) is 18.5 Å². The highest BCUT2D eigenvalue weighted by molar-refractivity contribution is 7.22. The first-order chi connectivity index (χ1) is 23.7. The number of hydrogen-bond donors (Lipinski definition) is 3. The summed E-state index contributed by atoms with van der Waals surface area (Å²) in [6.45, 7) is 0.0809. The first-order valence-corrected chi connectivity index (χ1v) is 18.1. The number of carboxylic acid groups (broad SMARTS) is 1. The Morgan fingerprint density at radius 3 is 2.67 bits per heavy atom. The third-order valence-electron chi connectivity index (χ3n) is 10.2. The molecule has 49 heavy (non-hydrogen) atoms. The Morgan fingerprint density at radius 1 is 1.08 bits per heavy atom. The van der Waals surface area contributed by atoms with Crippen molar-refractivity contribution in [2.75, 3.05) is 6.54 Å². The fourth-order valence-corrected chi connectivity index (χ4v) is 8.49. The molecule has 2 aliphatic heterocycles. The van der Waals surface area contributed by atoms with Crippen LogP contribution in [0.2, 0.25) is 0 Å². The molecule has 3 aromatic heterocycles. The van der Waals surface area contributed by atoms with Crippen LogP contribution in [0.1, 0.15) is 70.6 Å². The number of carbonyl (C=O) groups is 4. The first-order valence-electron chi connectivity index (χ1n) is 17.2. The number of aryl methyl sites for hydroxylation is 1. The zero-order chi connectivity index (χ0) is 34.1. The van der Waals surface area contributed by atoms with Gasteiger partial charge in [-0.15, -0.1) is 11.3 Å². The molecule has 0 unspecified atom stereocenters. The minimum Gasteiger partial charge on any atom is -0.487 e. The number of allylic oxidation sites excluding steroid dienone is 1. The number of ether oxygens (including phenoxy) is 2. The lowest BCUT2D eigenvalue weighted by Crippen LogP contribution is -2.56. The van der Waals surface area contributed by atoms with Crippen molar-refractivity contribution in [3.63, 3.8) is 0 Å². The van der Waals surface area contributed by atoms with Gasteiger partial charge in [-0.1, -0.05) is 25.0 Å². The third-order valence-corrected chi connectivity index (χ3v) is 11.3. The van der Waals surface area contributed by atoms with Crippen LogP contribution >= 0.6 is 11.3 Å². The number of alkyl carbamates (subject to hydrolysis) is 1. The van der Waals surface area contributed by atoms with Crippen molar-refractivity contribution in [3.8, 4) is 16.5 Å². The molecule has 0 bridgehead atoms. The van der Waals surface area contributed by atoms with Crippen molar-refractivity contribution in [1.82, 2.24) is 30.1 Å². The number of fused-ring (bicyclic) bond motifs is 3. The van der Waals surface area contributed by atoms with Crippen LogP contribution in [0.15, 0.2) is 42.9 Å². The number of nitrogens with zero attached hydrogens (tertiary/aromatic N) is 4. The highest BCUT2D eigenvalue weighted by Gasteiger charge is 2.61. The van der Waals surface area contributed by atoms with Crippen molar-refractivity contribution in [1.29, 1.82) is 0 Å². The standard InChI is InChI=1S/C35H42N6O7S/c1-40-16-15-37-30(40)28-18-25-29(49-28)27(13-14-36-25)47-23-17-26-31(42)39-35(33(44)45)19-21(35)9-5-3-2-4-6-12-24(32(43)41(26)20-23)38-34(46)48-22-10-7-8-11-22/h5,9,13-16,18,21-24,26H,2-4,6-8,10-12,17,19-20H2,1H3,(H,38,46)(H,39,42)(H,44,45)/b9-5+/t21-,23-,24+,26+,35-/m1/s1. The molecule has 2 aliphatic carbocycles. The van der Waals surface area contributed by atoms with Crippen LogP contribution < -0.4 is 15.4 Å². The molecule has 5 atom stereocenters. The highest BCUT2D eigenvalue weighted by atomic mass is 32.1. The second-order valence-corrected chi connectivity index (χ2v) is 14.7. The van der Waals surface area contributed by atoms with Crippen LogP contribution in [0.5, 0.6) is 5.75 Å². The molecule has 14 heteroatoms. The summed E-state index contributed by atoms with van der Waals surface area (Å²) in [5, 5.41) is 15.8. The number of carboxylic acids is 1. The Balaban J connectivity index is 1.16. The number of imidazole rings is 1. The Labute approximate surface area is 288 Å². The van der Waals surface area contributed by atoms with Crippen molar-refractivity contribution in [2.24, 2.45) is 13.0 Å². The van der Waals surface area contributed by atoms with Gasteiger partial charge in [0.2, 0.25) is 11.8 Å². The van der Waals surface area contributed by atoms with Gasteiger partial charge in [0.05, 0.1) is 21.6 Å². The summed E-state index contributed by atoms with van der Waals surface area (Å²) in [6.07, 6.45) is 15.3. The van der Waals surface area contributed by atoms with Gasteiger partial charge in [0.25, 0.3) is 0 Å². The van der Waals surface area contributed by atoms with Gasteiger partial charge < -0.3 is 34.7 Å². The number of nitrogens with one attached hydrogen (secondary N) is 2. The van der Waals surface area contributed by atoms with Crippen molar-refractivity contribution < 1.29 is 33.8 Å². The number of hydrogen-bond acceptors (Lipinski definition) is 9. The lowest BCUT2D eigenvalue weighted by Gasteiger charge is -2.29. The maximum absolute atomic E-state index is 14.3. The molecule has 0 radical (unpaired) electrons. The van der Waals surface area contributed by atoms with Crippen LogP contribution in [0.4, 0.5) is 4.79 Å². The number of amides is 3. The average molecular weight is 691 g/mol. The van der Waals surface area contributed by atoms with E-state index in [4.69, 9.17) is 9.47 Å². The molecule has 7 rings (SSSR count). The van der Waals surface area contributed by atoms with Gasteiger partial charge in [0.15, 0.2) is 0 Å². The molecule has 0 spiro atoms. The molecule has 5 heterocycles. The van der Waals surface area contributed by atoms with Gasteiger partial charge in [-0.05, 0) is 63.5 Å². The van der Waals surface area contributed by atoms with E-state index < -0.39 is 47.6 Å². The highest BCUT2D eigenvalue weighted by Crippen LogP contribution is 2.45. The van der Waals surface area contributed by atoms with E-state index in [9.17, 15) is 24.3 Å². The van der Waals surface area contributed by atoms with Gasteiger partial charge in [-0.3, -0.25) is 14.6 Å². The lowest BCUT2D eigenvalue weighted by atomic mass is 10.0. The van der Waals surface area contributed by atoms with E-state index in [2.05, 4.69) is 20.6 Å². The normalized spacial score (nSPS) is 28.6. The summed E-state index contributed by atoms with van der Waals surface area (Å²) in [5.41, 5.74) is -0.678. The lowest BCUT2D eigenvalue weighted by molar-refractivity contribution is -0.145. The van der Waals surface area contributed by atoms with Crippen molar-refractivity contribution in [3.05, 3.63) is 42.9 Å². The molecule has 3 fully saturated rings. The SMILES string of the molecule is Cn1ccnc1-c1cc2nccc(O[C@@H]3C[C@H]4C(=O)N[C@]5(C(=O)O)C[C@H]5/C=C/CCCCC[C@H](NC(=O)OC5CCCC5)C(=O)N4C3)c2s1. The van der Waals surface area contributed by atoms with Crippen LogP contribution in [0.25, 0.3) is 20.9 Å². The fourth-order valence-electron chi connectivity index (χ4n) is 7.38. The Bertz CT molecular complexity index is 1770. The maximum Gasteiger partial charge on any atom is 0.408 e. The summed E-state index contributed by atoms with van der Waals surface area (Å²) in [7, 11) is 1.92. The fraction of sp³-hybridized carbons (Fsp3) is 0.543. The molecule has 260 valence electrons. The second-order valence-electron chi connectivity index (χ2n) is 13.6. The van der Waals surface area contributed by atoms with Gasteiger partial charge in [0, 0.05) is 38.0 Å². The Kier molecular flexibility index (Phi) is 9.32. The van der Waals surface area contributed by atoms with Crippen LogP contribution in [0.3, 0.4) is 0 Å². The summed E-state index contributed by atoms with van der Waals surface area (Å²) in [5.74, 6) is -1.01. The van der Waals surface area contributed by atoms with E-state index in [0.29, 0.717) is 18.6 Å². The number of aromatic nitrogens is 3. The molecule has 13 nitrogen and oxygen atoms in total. The molecule has 1 saturated heterocycles. The Hall–Kier alpha value is -4.46. The quantitative estimate of drug-likeness (QED) is 0.315. The smallest absolute Gasteiger partial charge is 0.408 e. The monoisotopic (exact) mass is 690 g/mol. The summed E-state index contributed by atoms with van der Waals surface area (Å²) in [4.78, 5) is 65.1. The number of rotatable bonds is 6. The molecule has 3 N–H and O–H groups in total. The Morgan fingerprint density at radius 2 is 1.90 bits per heavy atom. The minimum atomic E-state index is -1.42. The summed E-state index contributed by atoms with van der Waals surface area (Å²) >= 11 is 1.49. The van der Waals surface area contributed by atoms with Gasteiger partial charge in [0.1, 0.15) is 41.4 Å². The first kappa shape index (κ1) is 33.1. The second kappa shape index (κ2) is 13.8. The predicted octanol–water partition coefficient (Wildman–Crippen LogP) is 4.56. The van der Waals surface area contributed by atoms with E-state index in [1.165, 1.54) is 16.2 Å². The zero-order valence-electron chi connectivity index (χ0n) is 27.5. The molecular weight excluding hydrogens is 648 g/mol. The minimum absolute atomic E-state index is 0.0809. The van der Waals surface area contributed by atoms with Gasteiger partial charge >= 0.3 is 12.1 Å². The van der Waals surface area contributed by atoms with E-state index in [0.717, 1.165) is 65.9 Å². The number of thiophene rings is 1. The summed E-state index contributed by atoms with van der Waals surface area (Å²) in [6, 6.07) is 1.82. The molecular formula is C35H42N6O7S. The molecule has 3 aromatic rings.